The van der Waals surface area contributed by atoms with Crippen molar-refractivity contribution >= 4 is 11.8 Å². The third-order valence-corrected chi connectivity index (χ3v) is 2.94. The maximum atomic E-state index is 13.3. The molecular formula is C13H15FO2S. The zero-order chi connectivity index (χ0) is 12.5. The van der Waals surface area contributed by atoms with Gasteiger partial charge in [-0.2, -0.15) is 11.8 Å². The van der Waals surface area contributed by atoms with Crippen molar-refractivity contribution in [3.63, 3.8) is 0 Å². The molecule has 4 heteroatoms. The van der Waals surface area contributed by atoms with Crippen LogP contribution in [0.3, 0.4) is 0 Å². The van der Waals surface area contributed by atoms with Gasteiger partial charge in [0, 0.05) is 23.5 Å². The van der Waals surface area contributed by atoms with Crippen molar-refractivity contribution in [2.75, 3.05) is 19.0 Å². The number of halogens is 1. The van der Waals surface area contributed by atoms with Crippen molar-refractivity contribution in [3.8, 4) is 11.8 Å². The summed E-state index contributed by atoms with van der Waals surface area (Å²) in [6, 6.07) is 4.68. The minimum atomic E-state index is -0.305. The normalized spacial score (nSPS) is 9.82. The number of benzene rings is 1. The first-order chi connectivity index (χ1) is 8.26. The summed E-state index contributed by atoms with van der Waals surface area (Å²) < 4.78 is 13.3. The van der Waals surface area contributed by atoms with Gasteiger partial charge in [-0.1, -0.05) is 11.8 Å². The van der Waals surface area contributed by atoms with Crippen molar-refractivity contribution in [1.82, 2.24) is 0 Å². The van der Waals surface area contributed by atoms with Crippen LogP contribution in [0.25, 0.3) is 0 Å². The Labute approximate surface area is 105 Å². The molecular weight excluding hydrogens is 239 g/mol. The molecule has 1 aromatic carbocycles. The molecule has 0 aromatic heterocycles. The largest absolute Gasteiger partial charge is 0.396 e. The molecule has 0 heterocycles. The second-order valence-electron chi connectivity index (χ2n) is 3.40. The van der Waals surface area contributed by atoms with Crippen LogP contribution in [-0.4, -0.2) is 29.2 Å². The van der Waals surface area contributed by atoms with Crippen LogP contribution in [0.1, 0.15) is 17.5 Å². The average molecular weight is 254 g/mol. The fourth-order valence-electron chi connectivity index (χ4n) is 1.28. The van der Waals surface area contributed by atoms with Gasteiger partial charge in [0.05, 0.1) is 13.2 Å². The van der Waals surface area contributed by atoms with Crippen LogP contribution in [0.5, 0.6) is 0 Å². The minimum absolute atomic E-state index is 0.0154. The van der Waals surface area contributed by atoms with Crippen LogP contribution in [0.4, 0.5) is 4.39 Å². The Morgan fingerprint density at radius 1 is 1.18 bits per heavy atom. The lowest BCUT2D eigenvalue weighted by Crippen LogP contribution is -1.90. The third kappa shape index (κ3) is 5.73. The Hall–Kier alpha value is -1.02. The summed E-state index contributed by atoms with van der Waals surface area (Å²) in [5.74, 6) is 6.56. The van der Waals surface area contributed by atoms with Gasteiger partial charge in [-0.15, -0.1) is 0 Å². The quantitative estimate of drug-likeness (QED) is 0.621. The highest BCUT2D eigenvalue weighted by molar-refractivity contribution is 7.98. The summed E-state index contributed by atoms with van der Waals surface area (Å²) in [5.41, 5.74) is 1.48. The fraction of sp³-hybridized carbons (Fsp3) is 0.385. The van der Waals surface area contributed by atoms with E-state index in [1.165, 1.54) is 12.1 Å². The first-order valence-corrected chi connectivity index (χ1v) is 6.49. The van der Waals surface area contributed by atoms with Gasteiger partial charge in [0.25, 0.3) is 0 Å². The Balaban J connectivity index is 2.69. The van der Waals surface area contributed by atoms with Gasteiger partial charge in [0.15, 0.2) is 0 Å². The summed E-state index contributed by atoms with van der Waals surface area (Å²) in [6.07, 6.45) is 0.394. The van der Waals surface area contributed by atoms with Gasteiger partial charge in [0.1, 0.15) is 5.82 Å². The van der Waals surface area contributed by atoms with Gasteiger partial charge < -0.3 is 10.2 Å². The van der Waals surface area contributed by atoms with Gasteiger partial charge >= 0.3 is 0 Å². The molecule has 0 fully saturated rings. The van der Waals surface area contributed by atoms with E-state index in [0.717, 1.165) is 5.56 Å². The van der Waals surface area contributed by atoms with E-state index < -0.39 is 0 Å². The number of aliphatic hydroxyl groups is 2. The summed E-state index contributed by atoms with van der Waals surface area (Å²) in [7, 11) is 0. The highest BCUT2D eigenvalue weighted by Crippen LogP contribution is 2.15. The predicted molar refractivity (Wildman–Crippen MR) is 68.2 cm³/mol. The van der Waals surface area contributed by atoms with E-state index in [0.29, 0.717) is 23.5 Å². The van der Waals surface area contributed by atoms with E-state index >= 15 is 0 Å². The molecule has 0 amide bonds. The van der Waals surface area contributed by atoms with Crippen LogP contribution in [0, 0.1) is 17.7 Å². The Kier molecular flexibility index (Phi) is 6.71. The molecule has 0 aliphatic heterocycles. The van der Waals surface area contributed by atoms with E-state index in [1.54, 1.807) is 11.8 Å². The predicted octanol–water partition coefficient (Wildman–Crippen LogP) is 1.79. The van der Waals surface area contributed by atoms with Crippen molar-refractivity contribution in [2.45, 2.75) is 12.2 Å². The van der Waals surface area contributed by atoms with Crippen LogP contribution >= 0.6 is 11.8 Å². The molecule has 0 spiro atoms. The SMILES string of the molecule is OCCC#Cc1cc(F)cc(CSCCO)c1. The van der Waals surface area contributed by atoms with E-state index in [2.05, 4.69) is 11.8 Å². The molecule has 0 saturated carbocycles. The number of thioether (sulfide) groups is 1. The van der Waals surface area contributed by atoms with Gasteiger partial charge in [-0.3, -0.25) is 0 Å². The van der Waals surface area contributed by atoms with Gasteiger partial charge in [-0.05, 0) is 23.8 Å². The first-order valence-electron chi connectivity index (χ1n) is 5.34. The summed E-state index contributed by atoms with van der Waals surface area (Å²) in [4.78, 5) is 0. The molecule has 0 radical (unpaired) electrons. The lowest BCUT2D eigenvalue weighted by molar-refractivity contribution is 0.305. The molecule has 0 bridgehead atoms. The number of hydrogen-bond acceptors (Lipinski definition) is 3. The van der Waals surface area contributed by atoms with Crippen LogP contribution in [0.15, 0.2) is 18.2 Å². The second-order valence-corrected chi connectivity index (χ2v) is 4.50. The van der Waals surface area contributed by atoms with E-state index in [1.807, 2.05) is 6.07 Å². The van der Waals surface area contributed by atoms with Crippen molar-refractivity contribution in [3.05, 3.63) is 35.1 Å². The Morgan fingerprint density at radius 3 is 2.71 bits per heavy atom. The van der Waals surface area contributed by atoms with Crippen molar-refractivity contribution in [1.29, 1.82) is 0 Å². The van der Waals surface area contributed by atoms with Crippen molar-refractivity contribution in [2.24, 2.45) is 0 Å². The first kappa shape index (κ1) is 14.0. The molecule has 0 aliphatic rings. The molecule has 1 rings (SSSR count). The molecule has 0 saturated heterocycles. The van der Waals surface area contributed by atoms with Gasteiger partial charge in [-0.25, -0.2) is 4.39 Å². The zero-order valence-electron chi connectivity index (χ0n) is 9.45. The molecule has 2 N–H and O–H groups in total. The van der Waals surface area contributed by atoms with E-state index in [4.69, 9.17) is 10.2 Å². The smallest absolute Gasteiger partial charge is 0.124 e. The minimum Gasteiger partial charge on any atom is -0.396 e. The molecule has 0 atom stereocenters. The lowest BCUT2D eigenvalue weighted by Gasteiger charge is -2.02. The second kappa shape index (κ2) is 8.13. The molecule has 0 unspecified atom stereocenters. The lowest BCUT2D eigenvalue weighted by atomic mass is 10.1. The summed E-state index contributed by atoms with van der Waals surface area (Å²) in [6.45, 7) is 0.144. The van der Waals surface area contributed by atoms with Crippen molar-refractivity contribution < 1.29 is 14.6 Å². The van der Waals surface area contributed by atoms with E-state index in [9.17, 15) is 4.39 Å². The maximum absolute atomic E-state index is 13.3. The zero-order valence-corrected chi connectivity index (χ0v) is 10.3. The van der Waals surface area contributed by atoms with Crippen LogP contribution < -0.4 is 0 Å². The molecule has 0 aliphatic carbocycles. The third-order valence-electron chi connectivity index (χ3n) is 1.93. The van der Waals surface area contributed by atoms with Crippen LogP contribution in [0.2, 0.25) is 0 Å². The monoisotopic (exact) mass is 254 g/mol. The Bertz CT molecular complexity index is 410. The Morgan fingerprint density at radius 2 is 2.00 bits per heavy atom. The topological polar surface area (TPSA) is 40.5 Å². The number of aliphatic hydroxyl groups excluding tert-OH is 2. The van der Waals surface area contributed by atoms with E-state index in [-0.39, 0.29) is 19.0 Å². The number of rotatable bonds is 5. The maximum Gasteiger partial charge on any atom is 0.124 e. The van der Waals surface area contributed by atoms with Crippen LogP contribution in [-0.2, 0) is 5.75 Å². The molecule has 92 valence electrons. The summed E-state index contributed by atoms with van der Waals surface area (Å²) >= 11 is 1.55. The average Bonchev–Trinajstić information content (AvgIpc) is 2.29. The fourth-order valence-corrected chi connectivity index (χ4v) is 1.96. The highest BCUT2D eigenvalue weighted by Gasteiger charge is 1.99. The number of hydrogen-bond donors (Lipinski definition) is 2. The summed E-state index contributed by atoms with van der Waals surface area (Å²) in [5, 5.41) is 17.2. The highest BCUT2D eigenvalue weighted by atomic mass is 32.2. The molecule has 2 nitrogen and oxygen atoms in total. The molecule has 17 heavy (non-hydrogen) atoms. The molecule has 1 aromatic rings. The van der Waals surface area contributed by atoms with Gasteiger partial charge in [0.2, 0.25) is 0 Å². The standard InChI is InChI=1S/C13H15FO2S/c14-13-8-11(3-1-2-4-15)7-12(9-13)10-17-6-5-16/h7-9,15-16H,2,4-6,10H2.